The van der Waals surface area contributed by atoms with Crippen molar-refractivity contribution >= 4 is 0 Å². The van der Waals surface area contributed by atoms with Crippen molar-refractivity contribution in [3.05, 3.63) is 60.2 Å². The molecule has 0 unspecified atom stereocenters. The van der Waals surface area contributed by atoms with Gasteiger partial charge in [0.25, 0.3) is 0 Å². The number of nitrogens with zero attached hydrogens (tertiary/aromatic N) is 1. The second-order valence-electron chi connectivity index (χ2n) is 7.26. The van der Waals surface area contributed by atoms with Crippen LogP contribution in [0.4, 0.5) is 0 Å². The van der Waals surface area contributed by atoms with Crippen molar-refractivity contribution in [2.75, 3.05) is 13.1 Å². The van der Waals surface area contributed by atoms with Crippen molar-refractivity contribution < 1.29 is 0 Å². The number of rotatable bonds is 3. The van der Waals surface area contributed by atoms with E-state index in [0.29, 0.717) is 0 Å². The predicted octanol–water partition coefficient (Wildman–Crippen LogP) is 5.48. The van der Waals surface area contributed by atoms with Crippen LogP contribution in [-0.4, -0.2) is 24.0 Å². The minimum Gasteiger partial charge on any atom is -0.300 e. The van der Waals surface area contributed by atoms with Crippen molar-refractivity contribution in [2.24, 2.45) is 0 Å². The third-order valence-electron chi connectivity index (χ3n) is 5.78. The summed E-state index contributed by atoms with van der Waals surface area (Å²) in [5, 5.41) is 0. The third-order valence-corrected chi connectivity index (χ3v) is 5.78. The van der Waals surface area contributed by atoms with E-state index in [-0.39, 0.29) is 0 Å². The molecular formula is C22H27N. The van der Waals surface area contributed by atoms with E-state index in [1.807, 2.05) is 0 Å². The van der Waals surface area contributed by atoms with Gasteiger partial charge < -0.3 is 0 Å². The van der Waals surface area contributed by atoms with Gasteiger partial charge in [-0.3, -0.25) is 4.90 Å². The Morgan fingerprint density at radius 2 is 1.39 bits per heavy atom. The first-order valence-corrected chi connectivity index (χ1v) is 9.29. The minimum atomic E-state index is 0.731. The second kappa shape index (κ2) is 6.88. The maximum atomic E-state index is 2.78. The van der Waals surface area contributed by atoms with Gasteiger partial charge >= 0.3 is 0 Å². The Morgan fingerprint density at radius 3 is 2.13 bits per heavy atom. The van der Waals surface area contributed by atoms with Gasteiger partial charge in [-0.15, -0.1) is 0 Å². The molecule has 120 valence electrons. The fourth-order valence-electron chi connectivity index (χ4n) is 4.46. The van der Waals surface area contributed by atoms with Crippen molar-refractivity contribution in [3.8, 4) is 11.1 Å². The zero-order valence-corrected chi connectivity index (χ0v) is 14.0. The van der Waals surface area contributed by atoms with Crippen LogP contribution in [0.1, 0.15) is 50.0 Å². The lowest BCUT2D eigenvalue weighted by atomic mass is 9.88. The zero-order chi connectivity index (χ0) is 15.5. The largest absolute Gasteiger partial charge is 0.300 e. The Morgan fingerprint density at radius 1 is 0.696 bits per heavy atom. The lowest BCUT2D eigenvalue weighted by molar-refractivity contribution is 0.150. The molecule has 0 radical (unpaired) electrons. The lowest BCUT2D eigenvalue weighted by Crippen LogP contribution is -2.40. The average Bonchev–Trinajstić information content (AvgIpc) is 3.18. The van der Waals surface area contributed by atoms with E-state index >= 15 is 0 Å². The van der Waals surface area contributed by atoms with Gasteiger partial charge in [0, 0.05) is 12.6 Å². The van der Waals surface area contributed by atoms with E-state index in [0.717, 1.165) is 12.0 Å². The van der Waals surface area contributed by atoms with Gasteiger partial charge in [-0.25, -0.2) is 0 Å². The summed E-state index contributed by atoms with van der Waals surface area (Å²) in [7, 11) is 0. The molecule has 4 rings (SSSR count). The summed E-state index contributed by atoms with van der Waals surface area (Å²) in [5.74, 6) is 0.731. The van der Waals surface area contributed by atoms with Crippen LogP contribution in [0.5, 0.6) is 0 Å². The van der Waals surface area contributed by atoms with Gasteiger partial charge in [0.05, 0.1) is 0 Å². The van der Waals surface area contributed by atoms with E-state index in [1.165, 1.54) is 68.3 Å². The van der Waals surface area contributed by atoms with Gasteiger partial charge in [-0.05, 0) is 54.8 Å². The Balaban J connectivity index is 1.47. The molecule has 2 fully saturated rings. The molecule has 1 aliphatic carbocycles. The molecule has 2 aliphatic rings. The number of benzene rings is 2. The fraction of sp³-hybridized carbons (Fsp3) is 0.455. The molecule has 0 aromatic heterocycles. The van der Waals surface area contributed by atoms with Crippen LogP contribution in [0.3, 0.4) is 0 Å². The van der Waals surface area contributed by atoms with Crippen LogP contribution in [-0.2, 0) is 0 Å². The van der Waals surface area contributed by atoms with Crippen molar-refractivity contribution in [1.29, 1.82) is 0 Å². The van der Waals surface area contributed by atoms with Gasteiger partial charge in [-0.2, -0.15) is 0 Å². The predicted molar refractivity (Wildman–Crippen MR) is 97.7 cm³/mol. The molecule has 0 N–H and O–H groups in total. The van der Waals surface area contributed by atoms with Crippen LogP contribution in [0.25, 0.3) is 11.1 Å². The molecule has 1 aliphatic heterocycles. The van der Waals surface area contributed by atoms with Crippen LogP contribution in [0.2, 0.25) is 0 Å². The summed E-state index contributed by atoms with van der Waals surface area (Å²) in [6.45, 7) is 2.60. The molecular weight excluding hydrogens is 278 g/mol. The first-order chi connectivity index (χ1) is 11.4. The molecule has 1 heterocycles. The highest BCUT2D eigenvalue weighted by Gasteiger charge is 2.28. The van der Waals surface area contributed by atoms with E-state index in [4.69, 9.17) is 0 Å². The maximum absolute atomic E-state index is 2.78. The van der Waals surface area contributed by atoms with Gasteiger partial charge in [0.15, 0.2) is 0 Å². The highest BCUT2D eigenvalue weighted by Crippen LogP contribution is 2.33. The maximum Gasteiger partial charge on any atom is 0.00955 e. The summed E-state index contributed by atoms with van der Waals surface area (Å²) in [6.07, 6.45) is 8.46. The molecule has 1 saturated heterocycles. The van der Waals surface area contributed by atoms with Crippen LogP contribution in [0.15, 0.2) is 54.6 Å². The van der Waals surface area contributed by atoms with Gasteiger partial charge in [0.2, 0.25) is 0 Å². The number of hydrogen-bond acceptors (Lipinski definition) is 1. The summed E-state index contributed by atoms with van der Waals surface area (Å²) in [4.78, 5) is 2.78. The molecule has 23 heavy (non-hydrogen) atoms. The van der Waals surface area contributed by atoms with Gasteiger partial charge in [0.1, 0.15) is 0 Å². The van der Waals surface area contributed by atoms with Crippen molar-refractivity contribution in [1.82, 2.24) is 4.90 Å². The quantitative estimate of drug-likeness (QED) is 0.726. The molecule has 2 aromatic rings. The van der Waals surface area contributed by atoms with E-state index in [9.17, 15) is 0 Å². The monoisotopic (exact) mass is 305 g/mol. The zero-order valence-electron chi connectivity index (χ0n) is 14.0. The van der Waals surface area contributed by atoms with E-state index < -0.39 is 0 Å². The third kappa shape index (κ3) is 3.35. The summed E-state index contributed by atoms with van der Waals surface area (Å²) in [5.41, 5.74) is 4.18. The Labute approximate surface area is 140 Å². The SMILES string of the molecule is c1ccc(-c2ccc([C@H]3CCCN(C4CCCC4)C3)cc2)cc1. The number of hydrogen-bond donors (Lipinski definition) is 0. The highest BCUT2D eigenvalue weighted by atomic mass is 15.2. The van der Waals surface area contributed by atoms with Crippen molar-refractivity contribution in [3.63, 3.8) is 0 Å². The molecule has 2 aromatic carbocycles. The first kappa shape index (κ1) is 15.0. The molecule has 1 nitrogen and oxygen atoms in total. The second-order valence-corrected chi connectivity index (χ2v) is 7.26. The summed E-state index contributed by atoms with van der Waals surface area (Å²) in [6, 6.07) is 20.9. The van der Waals surface area contributed by atoms with Gasteiger partial charge in [-0.1, -0.05) is 67.4 Å². The van der Waals surface area contributed by atoms with E-state index in [1.54, 1.807) is 0 Å². The average molecular weight is 305 g/mol. The minimum absolute atomic E-state index is 0.731. The number of likely N-dealkylation sites (tertiary alicyclic amines) is 1. The molecule has 0 amide bonds. The molecule has 1 heteroatoms. The number of piperidine rings is 1. The Bertz CT molecular complexity index is 610. The topological polar surface area (TPSA) is 3.24 Å². The standard InChI is InChI=1S/C22H27N/c1-2-7-18(8-3-1)19-12-14-20(15-13-19)21-9-6-16-23(17-21)22-10-4-5-11-22/h1-3,7-8,12-15,21-22H,4-6,9-11,16-17H2/t21-/m0/s1. The van der Waals surface area contributed by atoms with Crippen molar-refractivity contribution in [2.45, 2.75) is 50.5 Å². The fourth-order valence-corrected chi connectivity index (χ4v) is 4.46. The van der Waals surface area contributed by atoms with E-state index in [2.05, 4.69) is 59.5 Å². The summed E-state index contributed by atoms with van der Waals surface area (Å²) >= 11 is 0. The Kier molecular flexibility index (Phi) is 4.48. The molecule has 0 bridgehead atoms. The summed E-state index contributed by atoms with van der Waals surface area (Å²) < 4.78 is 0. The van der Waals surface area contributed by atoms with Crippen LogP contribution in [0, 0.1) is 0 Å². The lowest BCUT2D eigenvalue weighted by Gasteiger charge is -2.37. The molecule has 1 atom stereocenters. The highest BCUT2D eigenvalue weighted by molar-refractivity contribution is 5.63. The van der Waals surface area contributed by atoms with Crippen LogP contribution < -0.4 is 0 Å². The normalized spacial score (nSPS) is 23.2. The first-order valence-electron chi connectivity index (χ1n) is 9.29. The van der Waals surface area contributed by atoms with Crippen LogP contribution >= 0.6 is 0 Å². The molecule has 0 spiro atoms. The Hall–Kier alpha value is -1.60. The smallest absolute Gasteiger partial charge is 0.00955 e. The molecule has 1 saturated carbocycles.